The highest BCUT2D eigenvalue weighted by Crippen LogP contribution is 2.21. The fourth-order valence-electron chi connectivity index (χ4n) is 3.07. The molecule has 2 rings (SSSR count). The van der Waals surface area contributed by atoms with Crippen molar-refractivity contribution in [3.63, 3.8) is 0 Å². The van der Waals surface area contributed by atoms with Crippen LogP contribution in [-0.4, -0.2) is 29.7 Å². The Morgan fingerprint density at radius 3 is 2.58 bits per heavy atom. The van der Waals surface area contributed by atoms with Crippen molar-refractivity contribution in [2.75, 3.05) is 13.2 Å². The first-order valence-corrected chi connectivity index (χ1v) is 11.3. The molecule has 0 spiro atoms. The molecular weight excluding hydrogens is 418 g/mol. The number of rotatable bonds is 11. The van der Waals surface area contributed by atoms with Crippen molar-refractivity contribution >= 4 is 5.91 Å². The maximum atomic E-state index is 13.4. The second-order valence-corrected chi connectivity index (χ2v) is 7.77. The molecule has 1 unspecified atom stereocenters. The highest BCUT2D eigenvalue weighted by molar-refractivity contribution is 5.79. The molecule has 1 heterocycles. The Kier molecular flexibility index (Phi) is 10.6. The van der Waals surface area contributed by atoms with Gasteiger partial charge in [-0.15, -0.1) is 0 Å². The Bertz CT molecular complexity index is 1050. The smallest absolute Gasteiger partial charge is 0.255 e. The third-order valence-electron chi connectivity index (χ3n) is 5.12. The van der Waals surface area contributed by atoms with Crippen LogP contribution in [0.4, 0.5) is 0 Å². The average Bonchev–Trinajstić information content (AvgIpc) is 2.79. The number of carbonyl (C=O) groups is 1. The van der Waals surface area contributed by atoms with Crippen molar-refractivity contribution < 1.29 is 14.3 Å². The molecule has 1 aromatic carbocycles. The summed E-state index contributed by atoms with van der Waals surface area (Å²) in [5.74, 6) is 0.865. The van der Waals surface area contributed by atoms with E-state index in [1.165, 1.54) is 0 Å². The molecule has 0 saturated heterocycles. The lowest BCUT2D eigenvalue weighted by Gasteiger charge is -2.11. The van der Waals surface area contributed by atoms with Crippen LogP contribution in [0, 0.1) is 6.92 Å². The van der Waals surface area contributed by atoms with Crippen LogP contribution < -0.4 is 21.3 Å². The minimum absolute atomic E-state index is 0.175. The van der Waals surface area contributed by atoms with Gasteiger partial charge in [-0.25, -0.2) is 0 Å². The SMILES string of the molecule is CCOCCn1ccc(Oc2cccc(C)c2)ccc(CC)cc(CNC(C)C(N)=O)c1=O. The lowest BCUT2D eigenvalue weighted by Crippen LogP contribution is -2.39. The predicted molar refractivity (Wildman–Crippen MR) is 131 cm³/mol. The fraction of sp³-hybridized carbons (Fsp3) is 0.385. The van der Waals surface area contributed by atoms with Gasteiger partial charge < -0.3 is 25.1 Å². The van der Waals surface area contributed by atoms with Crippen molar-refractivity contribution in [3.05, 3.63) is 81.8 Å². The molecule has 3 N–H and O–H groups in total. The van der Waals surface area contributed by atoms with E-state index in [1.54, 1.807) is 23.8 Å². The molecule has 7 nitrogen and oxygen atoms in total. The topological polar surface area (TPSA) is 95.6 Å². The Morgan fingerprint density at radius 2 is 1.91 bits per heavy atom. The molecule has 0 aliphatic carbocycles. The standard InChI is InChI=1S/C26H35N3O4/c1-5-21-10-11-23(33-24-9-7-8-19(3)16-24)12-13-29(14-15-32-6-2)26(31)22(17-21)18-28-20(4)25(27)30/h7-13,16-17,20,28H,5-6,14-15,18H2,1-4H3,(H2,27,30). The zero-order chi connectivity index (χ0) is 24.2. The maximum absolute atomic E-state index is 13.4. The van der Waals surface area contributed by atoms with Gasteiger partial charge in [0.05, 0.1) is 12.6 Å². The summed E-state index contributed by atoms with van der Waals surface area (Å²) < 4.78 is 13.2. The van der Waals surface area contributed by atoms with Gasteiger partial charge in [0.15, 0.2) is 0 Å². The summed E-state index contributed by atoms with van der Waals surface area (Å²) in [4.78, 5) is 24.8. The lowest BCUT2D eigenvalue weighted by atomic mass is 10.1. The van der Waals surface area contributed by atoms with Crippen molar-refractivity contribution in [1.29, 1.82) is 0 Å². The summed E-state index contributed by atoms with van der Waals surface area (Å²) >= 11 is 0. The molecule has 2 aromatic rings. The number of benzene rings is 1. The first-order chi connectivity index (χ1) is 15.8. The zero-order valence-electron chi connectivity index (χ0n) is 20.0. The highest BCUT2D eigenvalue weighted by Gasteiger charge is 2.10. The van der Waals surface area contributed by atoms with E-state index in [-0.39, 0.29) is 12.1 Å². The van der Waals surface area contributed by atoms with Gasteiger partial charge in [0.1, 0.15) is 11.5 Å². The molecule has 0 fully saturated rings. The Labute approximate surface area is 195 Å². The summed E-state index contributed by atoms with van der Waals surface area (Å²) in [6.45, 7) is 9.19. The van der Waals surface area contributed by atoms with Gasteiger partial charge in [0.2, 0.25) is 5.91 Å². The number of carbonyl (C=O) groups excluding carboxylic acids is 1. The number of nitrogens with two attached hydrogens (primary N) is 1. The summed E-state index contributed by atoms with van der Waals surface area (Å²) in [5, 5.41) is 3.03. The van der Waals surface area contributed by atoms with Gasteiger partial charge >= 0.3 is 0 Å². The van der Waals surface area contributed by atoms with E-state index in [0.29, 0.717) is 31.1 Å². The van der Waals surface area contributed by atoms with E-state index in [1.807, 2.05) is 63.2 Å². The fourth-order valence-corrected chi connectivity index (χ4v) is 3.07. The lowest BCUT2D eigenvalue weighted by molar-refractivity contribution is -0.119. The molecule has 33 heavy (non-hydrogen) atoms. The molecule has 0 radical (unpaired) electrons. The first-order valence-electron chi connectivity index (χ1n) is 11.3. The minimum Gasteiger partial charge on any atom is -0.457 e. The van der Waals surface area contributed by atoms with Crippen molar-refractivity contribution in [2.45, 2.75) is 53.2 Å². The number of aryl methyl sites for hydroxylation is 2. The monoisotopic (exact) mass is 453 g/mol. The number of nitrogens with zero attached hydrogens (tertiary/aromatic N) is 1. The molecule has 0 saturated carbocycles. The van der Waals surface area contributed by atoms with Gasteiger partial charge in [-0.3, -0.25) is 9.59 Å². The van der Waals surface area contributed by atoms with Crippen LogP contribution in [0.5, 0.6) is 11.5 Å². The molecule has 1 atom stereocenters. The summed E-state index contributed by atoms with van der Waals surface area (Å²) in [7, 11) is 0. The number of amides is 1. The normalized spacial score (nSPS) is 11.5. The number of hydrogen-bond acceptors (Lipinski definition) is 5. The summed E-state index contributed by atoms with van der Waals surface area (Å²) in [5.41, 5.74) is 7.78. The quantitative estimate of drug-likeness (QED) is 0.507. The van der Waals surface area contributed by atoms with Gasteiger partial charge in [-0.2, -0.15) is 0 Å². The minimum atomic E-state index is -0.551. The molecule has 1 amide bonds. The summed E-state index contributed by atoms with van der Waals surface area (Å²) in [6, 6.07) is 14.7. The molecule has 0 bridgehead atoms. The third kappa shape index (κ3) is 8.71. The van der Waals surface area contributed by atoms with Crippen LogP contribution in [0.1, 0.15) is 37.5 Å². The van der Waals surface area contributed by atoms with Crippen LogP contribution in [0.3, 0.4) is 0 Å². The second-order valence-electron chi connectivity index (χ2n) is 7.77. The number of ether oxygens (including phenoxy) is 2. The Balaban J connectivity index is 2.57. The molecule has 1 aromatic heterocycles. The maximum Gasteiger partial charge on any atom is 0.255 e. The average molecular weight is 454 g/mol. The van der Waals surface area contributed by atoms with E-state index in [0.717, 1.165) is 23.3 Å². The molecule has 0 aliphatic rings. The Hall–Kier alpha value is -3.16. The molecule has 178 valence electrons. The number of primary amides is 1. The van der Waals surface area contributed by atoms with E-state index in [4.69, 9.17) is 15.2 Å². The van der Waals surface area contributed by atoms with Gasteiger partial charge in [0, 0.05) is 31.5 Å². The molecule has 0 aliphatic heterocycles. The molecular formula is C26H35N3O4. The van der Waals surface area contributed by atoms with E-state index < -0.39 is 11.9 Å². The van der Waals surface area contributed by atoms with Gasteiger partial charge in [-0.1, -0.05) is 25.1 Å². The summed E-state index contributed by atoms with van der Waals surface area (Å²) in [6.07, 6.45) is 2.43. The van der Waals surface area contributed by atoms with Crippen molar-refractivity contribution in [2.24, 2.45) is 5.73 Å². The number of nitrogens with one attached hydrogen (secondary N) is 1. The second kappa shape index (κ2) is 13.4. The first kappa shape index (κ1) is 26.1. The van der Waals surface area contributed by atoms with E-state index in [2.05, 4.69) is 5.32 Å². The van der Waals surface area contributed by atoms with Gasteiger partial charge in [-0.05, 0) is 68.7 Å². The van der Waals surface area contributed by atoms with Gasteiger partial charge in [0.25, 0.3) is 5.56 Å². The third-order valence-corrected chi connectivity index (χ3v) is 5.12. The van der Waals surface area contributed by atoms with Crippen LogP contribution >= 0.6 is 0 Å². The largest absolute Gasteiger partial charge is 0.457 e. The number of hydrogen-bond donors (Lipinski definition) is 2. The van der Waals surface area contributed by atoms with Crippen LogP contribution in [-0.2, 0) is 29.0 Å². The molecule has 7 heteroatoms. The van der Waals surface area contributed by atoms with Crippen LogP contribution in [0.25, 0.3) is 0 Å². The van der Waals surface area contributed by atoms with Crippen LogP contribution in [0.15, 0.2) is 59.5 Å². The predicted octanol–water partition coefficient (Wildman–Crippen LogP) is 3.64. The van der Waals surface area contributed by atoms with Crippen LogP contribution in [0.2, 0.25) is 0 Å². The van der Waals surface area contributed by atoms with E-state index >= 15 is 0 Å². The highest BCUT2D eigenvalue weighted by atomic mass is 16.5. The van der Waals surface area contributed by atoms with E-state index in [9.17, 15) is 9.59 Å². The van der Waals surface area contributed by atoms with Crippen molar-refractivity contribution in [1.82, 2.24) is 9.88 Å². The zero-order valence-corrected chi connectivity index (χ0v) is 20.0. The Morgan fingerprint density at radius 1 is 1.12 bits per heavy atom. The number of aromatic nitrogens is 1. The van der Waals surface area contributed by atoms with Crippen molar-refractivity contribution in [3.8, 4) is 11.5 Å².